The first-order chi connectivity index (χ1) is 16.6. The summed E-state index contributed by atoms with van der Waals surface area (Å²) in [6.07, 6.45) is 5.12. The van der Waals surface area contributed by atoms with E-state index < -0.39 is 23.5 Å². The molecule has 1 saturated heterocycles. The summed E-state index contributed by atoms with van der Waals surface area (Å²) in [5.41, 5.74) is 2.21. The second-order valence-corrected chi connectivity index (χ2v) is 9.70. The van der Waals surface area contributed by atoms with Gasteiger partial charge in [0.2, 0.25) is 0 Å². The Bertz CT molecular complexity index is 1260. The lowest BCUT2D eigenvalue weighted by molar-refractivity contribution is -0.145. The Morgan fingerprint density at radius 2 is 1.91 bits per heavy atom. The number of aryl methyl sites for hydroxylation is 1. The molecule has 2 aromatic heterocycles. The van der Waals surface area contributed by atoms with Gasteiger partial charge in [-0.25, -0.2) is 9.78 Å². The van der Waals surface area contributed by atoms with Gasteiger partial charge >= 0.3 is 17.9 Å². The molecule has 0 radical (unpaired) electrons. The van der Waals surface area contributed by atoms with Gasteiger partial charge in [0.05, 0.1) is 29.6 Å². The quantitative estimate of drug-likeness (QED) is 0.481. The molecule has 3 N–H and O–H groups in total. The van der Waals surface area contributed by atoms with Crippen LogP contribution in [-0.4, -0.2) is 50.1 Å². The van der Waals surface area contributed by atoms with Gasteiger partial charge in [-0.15, -0.1) is 0 Å². The van der Waals surface area contributed by atoms with E-state index in [1.54, 1.807) is 44.9 Å². The van der Waals surface area contributed by atoms with Gasteiger partial charge in [0, 0.05) is 11.9 Å². The average Bonchev–Trinajstić information content (AvgIpc) is 3.27. The number of piperidine rings is 1. The predicted molar refractivity (Wildman–Crippen MR) is 132 cm³/mol. The average molecular weight is 479 g/mol. The molecular weight excluding hydrogens is 448 g/mol. The van der Waals surface area contributed by atoms with Gasteiger partial charge in [-0.3, -0.25) is 20.0 Å². The first-order valence-electron chi connectivity index (χ1n) is 11.6. The normalized spacial score (nSPS) is 16.1. The van der Waals surface area contributed by atoms with Crippen molar-refractivity contribution in [1.82, 2.24) is 20.1 Å². The second-order valence-electron chi connectivity index (χ2n) is 9.70. The van der Waals surface area contributed by atoms with Crippen LogP contribution in [0.2, 0.25) is 0 Å². The fourth-order valence-corrected chi connectivity index (χ4v) is 4.17. The largest absolute Gasteiger partial charge is 0.444 e. The van der Waals surface area contributed by atoms with E-state index >= 15 is 0 Å². The molecule has 3 amide bonds. The van der Waals surface area contributed by atoms with Crippen LogP contribution in [0.25, 0.3) is 10.9 Å². The van der Waals surface area contributed by atoms with Crippen LogP contribution in [0.4, 0.5) is 16.3 Å². The van der Waals surface area contributed by atoms with Gasteiger partial charge in [-0.2, -0.15) is 5.10 Å². The third-order valence-electron chi connectivity index (χ3n) is 5.76. The van der Waals surface area contributed by atoms with Crippen molar-refractivity contribution in [2.45, 2.75) is 58.6 Å². The number of ether oxygens (including phenoxy) is 1. The van der Waals surface area contributed by atoms with Gasteiger partial charge in [-0.05, 0) is 70.2 Å². The minimum absolute atomic E-state index is 0.185. The second kappa shape index (κ2) is 9.73. The lowest BCUT2D eigenvalue weighted by atomic mass is 9.94. The van der Waals surface area contributed by atoms with E-state index in [9.17, 15) is 14.4 Å². The molecule has 0 saturated carbocycles. The zero-order valence-electron chi connectivity index (χ0n) is 20.3. The maximum Gasteiger partial charge on any atom is 0.413 e. The SMILES string of the molecule is Cc1cc(NC(=O)C(=O)N2CCCC[C@H]2c2ccc3cn[nH]c3c2)cnc1NC(=O)OC(C)(C)C. The molecule has 1 fully saturated rings. The van der Waals surface area contributed by atoms with Crippen LogP contribution in [0.3, 0.4) is 0 Å². The molecule has 1 aliphatic heterocycles. The minimum atomic E-state index is -0.728. The molecule has 0 spiro atoms. The van der Waals surface area contributed by atoms with E-state index in [-0.39, 0.29) is 6.04 Å². The van der Waals surface area contributed by atoms with Gasteiger partial charge in [-0.1, -0.05) is 12.1 Å². The van der Waals surface area contributed by atoms with Gasteiger partial charge in [0.25, 0.3) is 0 Å². The molecular formula is C25H30N6O4. The van der Waals surface area contributed by atoms with E-state index in [1.165, 1.54) is 6.20 Å². The predicted octanol–water partition coefficient (Wildman–Crippen LogP) is 4.31. The van der Waals surface area contributed by atoms with Gasteiger partial charge in [0.15, 0.2) is 0 Å². The third-order valence-corrected chi connectivity index (χ3v) is 5.76. The summed E-state index contributed by atoms with van der Waals surface area (Å²) in [7, 11) is 0. The molecule has 0 aliphatic carbocycles. The number of aromatic nitrogens is 3. The molecule has 35 heavy (non-hydrogen) atoms. The molecule has 3 aromatic rings. The summed E-state index contributed by atoms with van der Waals surface area (Å²) in [4.78, 5) is 43.8. The highest BCUT2D eigenvalue weighted by atomic mass is 16.6. The van der Waals surface area contributed by atoms with Gasteiger partial charge in [0.1, 0.15) is 11.4 Å². The van der Waals surface area contributed by atoms with Crippen molar-refractivity contribution in [3.8, 4) is 0 Å². The summed E-state index contributed by atoms with van der Waals surface area (Å²) in [6.45, 7) is 7.55. The van der Waals surface area contributed by atoms with Crippen molar-refractivity contribution < 1.29 is 19.1 Å². The van der Waals surface area contributed by atoms with Gasteiger partial charge < -0.3 is 15.0 Å². The Balaban J connectivity index is 1.44. The van der Waals surface area contributed by atoms with E-state index in [1.807, 2.05) is 18.2 Å². The van der Waals surface area contributed by atoms with Crippen LogP contribution in [-0.2, 0) is 14.3 Å². The molecule has 3 heterocycles. The molecule has 10 nitrogen and oxygen atoms in total. The Morgan fingerprint density at radius 1 is 1.11 bits per heavy atom. The maximum atomic E-state index is 13.1. The Hall–Kier alpha value is -3.95. The number of fused-ring (bicyclic) bond motifs is 1. The number of anilines is 2. The summed E-state index contributed by atoms with van der Waals surface area (Å²) in [5.74, 6) is -1.00. The molecule has 0 bridgehead atoms. The number of nitrogens with zero attached hydrogens (tertiary/aromatic N) is 3. The molecule has 10 heteroatoms. The maximum absolute atomic E-state index is 13.1. The van der Waals surface area contributed by atoms with Crippen LogP contribution in [0.15, 0.2) is 36.7 Å². The summed E-state index contributed by atoms with van der Waals surface area (Å²) < 4.78 is 5.24. The smallest absolute Gasteiger partial charge is 0.413 e. The van der Waals surface area contributed by atoms with E-state index in [4.69, 9.17) is 4.74 Å². The van der Waals surface area contributed by atoms with Crippen molar-refractivity contribution in [2.24, 2.45) is 0 Å². The number of carbonyl (C=O) groups is 3. The van der Waals surface area contributed by atoms with Crippen molar-refractivity contribution in [1.29, 1.82) is 0 Å². The first kappa shape index (κ1) is 24.2. The Kier molecular flexibility index (Phi) is 6.72. The number of likely N-dealkylation sites (tertiary alicyclic amines) is 1. The number of amides is 3. The number of aromatic amines is 1. The number of carbonyl (C=O) groups excluding carboxylic acids is 3. The lowest BCUT2D eigenvalue weighted by Crippen LogP contribution is -2.44. The van der Waals surface area contributed by atoms with E-state index in [0.29, 0.717) is 23.6 Å². The Morgan fingerprint density at radius 3 is 2.66 bits per heavy atom. The third kappa shape index (κ3) is 5.76. The summed E-state index contributed by atoms with van der Waals surface area (Å²) in [6, 6.07) is 7.39. The van der Waals surface area contributed by atoms with Crippen molar-refractivity contribution in [3.63, 3.8) is 0 Å². The number of H-pyrrole nitrogens is 1. The molecule has 1 aliphatic rings. The molecule has 184 valence electrons. The zero-order chi connectivity index (χ0) is 25.2. The Labute approximate surface area is 203 Å². The fraction of sp³-hybridized carbons (Fsp3) is 0.400. The number of hydrogen-bond donors (Lipinski definition) is 3. The summed E-state index contributed by atoms with van der Waals surface area (Å²) >= 11 is 0. The zero-order valence-corrected chi connectivity index (χ0v) is 20.3. The highest BCUT2D eigenvalue weighted by Gasteiger charge is 2.32. The topological polar surface area (TPSA) is 129 Å². The minimum Gasteiger partial charge on any atom is -0.444 e. The number of pyridine rings is 1. The highest BCUT2D eigenvalue weighted by molar-refractivity contribution is 6.39. The number of nitrogens with one attached hydrogen (secondary N) is 3. The summed E-state index contributed by atoms with van der Waals surface area (Å²) in [5, 5.41) is 13.2. The van der Waals surface area contributed by atoms with Crippen molar-refractivity contribution >= 4 is 40.3 Å². The first-order valence-corrected chi connectivity index (χ1v) is 11.6. The van der Waals surface area contributed by atoms with Crippen LogP contribution in [0.1, 0.15) is 57.2 Å². The number of benzene rings is 1. The fourth-order valence-electron chi connectivity index (χ4n) is 4.17. The van der Waals surface area contributed by atoms with Crippen LogP contribution >= 0.6 is 0 Å². The van der Waals surface area contributed by atoms with E-state index in [2.05, 4.69) is 25.8 Å². The van der Waals surface area contributed by atoms with E-state index in [0.717, 1.165) is 35.7 Å². The molecule has 0 unspecified atom stereocenters. The molecule has 1 aromatic carbocycles. The monoisotopic (exact) mass is 478 g/mol. The van der Waals surface area contributed by atoms with Crippen molar-refractivity contribution in [2.75, 3.05) is 17.2 Å². The highest BCUT2D eigenvalue weighted by Crippen LogP contribution is 2.32. The number of rotatable bonds is 3. The molecule has 4 rings (SSSR count). The van der Waals surface area contributed by atoms with Crippen LogP contribution < -0.4 is 10.6 Å². The van der Waals surface area contributed by atoms with Crippen molar-refractivity contribution in [3.05, 3.63) is 47.8 Å². The molecule has 1 atom stereocenters. The number of hydrogen-bond acceptors (Lipinski definition) is 6. The standard InChI is InChI=1S/C25H30N6O4/c1-15-11-18(14-26-21(15)29-24(34)35-25(2,3)4)28-22(32)23(33)31-10-6-5-7-20(31)16-8-9-17-13-27-30-19(17)12-16/h8-9,11-14,20H,5-7,10H2,1-4H3,(H,27,30)(H,28,32)(H,26,29,34)/t20-/m0/s1. The van der Waals surface area contributed by atoms with Crippen LogP contribution in [0.5, 0.6) is 0 Å². The lowest BCUT2D eigenvalue weighted by Gasteiger charge is -2.35. The van der Waals surface area contributed by atoms with Crippen LogP contribution in [0, 0.1) is 6.92 Å².